The maximum absolute atomic E-state index is 13.0. The van der Waals surface area contributed by atoms with Gasteiger partial charge < -0.3 is 4.74 Å². The average molecular weight is 379 g/mol. The van der Waals surface area contributed by atoms with Crippen LogP contribution in [0.4, 0.5) is 0 Å². The number of aryl methyl sites for hydroxylation is 1. The summed E-state index contributed by atoms with van der Waals surface area (Å²) in [6, 6.07) is 6.65. The molecule has 0 amide bonds. The van der Waals surface area contributed by atoms with E-state index < -0.39 is 16.0 Å². The number of esters is 1. The highest BCUT2D eigenvalue weighted by molar-refractivity contribution is 7.89. The topological polar surface area (TPSA) is 80.8 Å². The predicted molar refractivity (Wildman–Crippen MR) is 98.1 cm³/mol. The molecular formula is C19H25NO5S. The number of hydrogen-bond acceptors (Lipinski definition) is 5. The Labute approximate surface area is 154 Å². The van der Waals surface area contributed by atoms with Gasteiger partial charge in [-0.05, 0) is 51.3 Å². The van der Waals surface area contributed by atoms with Crippen molar-refractivity contribution in [3.8, 4) is 0 Å². The molecule has 1 heterocycles. The maximum Gasteiger partial charge on any atom is 0.341 e. The van der Waals surface area contributed by atoms with Crippen molar-refractivity contribution in [1.29, 1.82) is 0 Å². The van der Waals surface area contributed by atoms with Crippen LogP contribution >= 0.6 is 0 Å². The van der Waals surface area contributed by atoms with Crippen molar-refractivity contribution < 1.29 is 22.7 Å². The van der Waals surface area contributed by atoms with Crippen molar-refractivity contribution >= 4 is 21.8 Å². The van der Waals surface area contributed by atoms with Crippen LogP contribution in [0.5, 0.6) is 0 Å². The molecule has 0 spiro atoms. The number of carbonyl (C=O) groups excluding carboxylic acids is 2. The van der Waals surface area contributed by atoms with E-state index in [0.717, 1.165) is 5.56 Å². The number of sulfonamides is 1. The first-order valence-corrected chi connectivity index (χ1v) is 10.2. The fourth-order valence-corrected chi connectivity index (χ4v) is 4.43. The molecule has 1 aliphatic rings. The summed E-state index contributed by atoms with van der Waals surface area (Å²) in [5.74, 6) is -0.958. The summed E-state index contributed by atoms with van der Waals surface area (Å²) < 4.78 is 32.3. The number of nitrogens with zero attached hydrogens (tertiary/aromatic N) is 1. The van der Waals surface area contributed by atoms with Crippen LogP contribution in [-0.4, -0.2) is 44.2 Å². The molecule has 2 rings (SSSR count). The molecule has 6 nitrogen and oxygen atoms in total. The minimum Gasteiger partial charge on any atom is -0.462 e. The van der Waals surface area contributed by atoms with Crippen molar-refractivity contribution in [2.75, 3.05) is 19.7 Å². The number of carbonyl (C=O) groups is 2. The minimum atomic E-state index is -3.71. The Morgan fingerprint density at radius 2 is 1.81 bits per heavy atom. The van der Waals surface area contributed by atoms with Crippen LogP contribution in [0.3, 0.4) is 0 Å². The van der Waals surface area contributed by atoms with E-state index in [1.807, 2.05) is 6.92 Å². The molecule has 0 saturated carbocycles. The lowest BCUT2D eigenvalue weighted by Gasteiger charge is -2.22. The highest BCUT2D eigenvalue weighted by Gasteiger charge is 2.29. The molecule has 0 bridgehead atoms. The Bertz CT molecular complexity index is 809. The molecule has 7 heteroatoms. The van der Waals surface area contributed by atoms with Crippen molar-refractivity contribution in [1.82, 2.24) is 4.31 Å². The Balaban J connectivity index is 2.41. The van der Waals surface area contributed by atoms with Crippen LogP contribution < -0.4 is 0 Å². The summed E-state index contributed by atoms with van der Waals surface area (Å²) in [6.07, 6.45) is 1.29. The number of ketones is 1. The van der Waals surface area contributed by atoms with E-state index in [-0.39, 0.29) is 35.8 Å². The first kappa shape index (κ1) is 20.3. The predicted octanol–water partition coefficient (Wildman–Crippen LogP) is 2.62. The van der Waals surface area contributed by atoms with Gasteiger partial charge in [-0.3, -0.25) is 4.79 Å². The second kappa shape index (κ2) is 8.60. The Morgan fingerprint density at radius 1 is 1.15 bits per heavy atom. The fraction of sp³-hybridized carbons (Fsp3) is 0.474. The van der Waals surface area contributed by atoms with Gasteiger partial charge in [0.1, 0.15) is 5.57 Å². The molecule has 0 N–H and O–H groups in total. The number of hydrogen-bond donors (Lipinski definition) is 0. The third-order valence-corrected chi connectivity index (χ3v) is 6.18. The molecule has 0 atom stereocenters. The first-order chi connectivity index (χ1) is 12.3. The summed E-state index contributed by atoms with van der Waals surface area (Å²) in [6.45, 7) is 5.64. The molecule has 142 valence electrons. The average Bonchev–Trinajstić information content (AvgIpc) is 2.64. The van der Waals surface area contributed by atoms with Gasteiger partial charge in [0, 0.05) is 19.5 Å². The van der Waals surface area contributed by atoms with Gasteiger partial charge in [0.15, 0.2) is 5.78 Å². The summed E-state index contributed by atoms with van der Waals surface area (Å²) in [5, 5.41) is 0. The number of rotatable bonds is 4. The van der Waals surface area contributed by atoms with E-state index in [2.05, 4.69) is 0 Å². The normalized spacial score (nSPS) is 20.2. The first-order valence-electron chi connectivity index (χ1n) is 8.74. The lowest BCUT2D eigenvalue weighted by atomic mass is 10.0. The van der Waals surface area contributed by atoms with Crippen LogP contribution in [0.1, 0.15) is 38.7 Å². The Hall–Kier alpha value is -1.99. The van der Waals surface area contributed by atoms with Crippen LogP contribution in [0, 0.1) is 6.92 Å². The lowest BCUT2D eigenvalue weighted by Crippen LogP contribution is -2.34. The van der Waals surface area contributed by atoms with Crippen molar-refractivity contribution in [2.45, 2.75) is 44.9 Å². The monoisotopic (exact) mass is 379 g/mol. The molecule has 26 heavy (non-hydrogen) atoms. The second-order valence-corrected chi connectivity index (χ2v) is 8.35. The van der Waals surface area contributed by atoms with E-state index in [0.29, 0.717) is 25.0 Å². The molecule has 0 aromatic heterocycles. The third kappa shape index (κ3) is 4.59. The highest BCUT2D eigenvalue weighted by atomic mass is 32.2. The largest absolute Gasteiger partial charge is 0.462 e. The number of benzene rings is 1. The number of ether oxygens (including phenoxy) is 1. The molecule has 1 aromatic rings. The zero-order valence-corrected chi connectivity index (χ0v) is 16.3. The minimum absolute atomic E-state index is 0.00387. The molecule has 0 saturated heterocycles. The highest BCUT2D eigenvalue weighted by Crippen LogP contribution is 2.22. The van der Waals surface area contributed by atoms with E-state index >= 15 is 0 Å². The SMILES string of the molecule is CCOC(=O)/C1=C(\C)CN(S(=O)(=O)c2ccc(C)cc2)CCCCC1=O. The van der Waals surface area contributed by atoms with E-state index in [1.165, 1.54) is 4.31 Å². The van der Waals surface area contributed by atoms with Gasteiger partial charge in [-0.15, -0.1) is 0 Å². The van der Waals surface area contributed by atoms with Gasteiger partial charge >= 0.3 is 5.97 Å². The smallest absolute Gasteiger partial charge is 0.341 e. The Kier molecular flexibility index (Phi) is 6.72. The molecule has 1 aromatic carbocycles. The standard InChI is InChI=1S/C19H25NO5S/c1-4-25-19(22)18-15(3)13-20(12-6-5-7-17(18)21)26(23,24)16-10-8-14(2)9-11-16/h8-11H,4-7,12-13H2,1-3H3/b18-15+. The van der Waals surface area contributed by atoms with Crippen LogP contribution in [0.2, 0.25) is 0 Å². The fourth-order valence-electron chi connectivity index (χ4n) is 2.92. The zero-order chi connectivity index (χ0) is 19.3. The van der Waals surface area contributed by atoms with Crippen molar-refractivity contribution in [3.63, 3.8) is 0 Å². The van der Waals surface area contributed by atoms with Gasteiger partial charge in [-0.25, -0.2) is 13.2 Å². The lowest BCUT2D eigenvalue weighted by molar-refractivity contribution is -0.140. The van der Waals surface area contributed by atoms with Crippen LogP contribution in [-0.2, 0) is 24.3 Å². The molecule has 0 unspecified atom stereocenters. The van der Waals surface area contributed by atoms with Crippen molar-refractivity contribution in [3.05, 3.63) is 41.0 Å². The van der Waals surface area contributed by atoms with Crippen LogP contribution in [0.25, 0.3) is 0 Å². The van der Waals surface area contributed by atoms with Gasteiger partial charge in [0.05, 0.1) is 11.5 Å². The van der Waals surface area contributed by atoms with Crippen molar-refractivity contribution in [2.24, 2.45) is 0 Å². The quantitative estimate of drug-likeness (QED) is 0.593. The molecule has 0 aliphatic carbocycles. The van der Waals surface area contributed by atoms with E-state index in [1.54, 1.807) is 38.1 Å². The molecule has 0 fully saturated rings. The van der Waals surface area contributed by atoms with E-state index in [9.17, 15) is 18.0 Å². The van der Waals surface area contributed by atoms with Gasteiger partial charge in [0.25, 0.3) is 0 Å². The molecule has 1 aliphatic heterocycles. The van der Waals surface area contributed by atoms with Gasteiger partial charge in [-0.1, -0.05) is 17.7 Å². The summed E-state index contributed by atoms with van der Waals surface area (Å²) >= 11 is 0. The zero-order valence-electron chi connectivity index (χ0n) is 15.4. The Morgan fingerprint density at radius 3 is 2.42 bits per heavy atom. The maximum atomic E-state index is 13.0. The van der Waals surface area contributed by atoms with Gasteiger partial charge in [-0.2, -0.15) is 4.31 Å². The van der Waals surface area contributed by atoms with E-state index in [4.69, 9.17) is 4.74 Å². The summed E-state index contributed by atoms with van der Waals surface area (Å²) in [5.41, 5.74) is 1.38. The van der Waals surface area contributed by atoms with Gasteiger partial charge in [0.2, 0.25) is 10.0 Å². The number of Topliss-reactive ketones (excluding diaryl/α,β-unsaturated/α-hetero) is 1. The van der Waals surface area contributed by atoms with Crippen LogP contribution in [0.15, 0.2) is 40.3 Å². The third-order valence-electron chi connectivity index (χ3n) is 4.32. The molecule has 0 radical (unpaired) electrons. The second-order valence-electron chi connectivity index (χ2n) is 6.41. The summed E-state index contributed by atoms with van der Waals surface area (Å²) in [4.78, 5) is 24.8. The summed E-state index contributed by atoms with van der Waals surface area (Å²) in [7, 11) is -3.71. The molecular weight excluding hydrogens is 354 g/mol.